The molecule has 0 spiro atoms. The number of pyridine rings is 1. The number of aromatic amines is 1. The quantitative estimate of drug-likeness (QED) is 0.791. The van der Waals surface area contributed by atoms with Gasteiger partial charge in [-0.2, -0.15) is 0 Å². The van der Waals surface area contributed by atoms with E-state index in [0.717, 1.165) is 5.56 Å². The van der Waals surface area contributed by atoms with Gasteiger partial charge in [0.25, 0.3) is 5.91 Å². The molecule has 5 nitrogen and oxygen atoms in total. The fourth-order valence-electron chi connectivity index (χ4n) is 2.57. The van der Waals surface area contributed by atoms with E-state index in [0.29, 0.717) is 30.8 Å². The van der Waals surface area contributed by atoms with Gasteiger partial charge in [0.1, 0.15) is 11.4 Å². The Kier molecular flexibility index (Phi) is 3.77. The van der Waals surface area contributed by atoms with E-state index in [1.165, 1.54) is 18.3 Å². The first kappa shape index (κ1) is 14.5. The molecular weight excluding hydrogens is 285 g/mol. The molecule has 3 N–H and O–H groups in total. The summed E-state index contributed by atoms with van der Waals surface area (Å²) >= 11 is 0. The summed E-state index contributed by atoms with van der Waals surface area (Å²) in [5, 5.41) is 5.65. The number of carbonyl (C=O) groups is 1. The molecule has 0 bridgehead atoms. The lowest BCUT2D eigenvalue weighted by atomic mass is 9.99. The molecule has 1 aromatic carbocycles. The number of fused-ring (bicyclic) bond motifs is 1. The Morgan fingerprint density at radius 2 is 2.18 bits per heavy atom. The smallest absolute Gasteiger partial charge is 0.261 e. The van der Waals surface area contributed by atoms with Crippen molar-refractivity contribution in [3.05, 3.63) is 62.8 Å². The molecule has 114 valence electrons. The van der Waals surface area contributed by atoms with Crippen LogP contribution in [0.15, 0.2) is 29.2 Å². The topological polar surface area (TPSA) is 74.0 Å². The molecule has 6 heteroatoms. The maximum atomic E-state index is 14.5. The largest absolute Gasteiger partial charge is 0.364 e. The average molecular weight is 301 g/mol. The van der Waals surface area contributed by atoms with E-state index in [1.807, 2.05) is 0 Å². The van der Waals surface area contributed by atoms with Gasteiger partial charge >= 0.3 is 0 Å². The van der Waals surface area contributed by atoms with Gasteiger partial charge in [0, 0.05) is 24.5 Å². The highest BCUT2D eigenvalue weighted by molar-refractivity contribution is 6.04. The summed E-state index contributed by atoms with van der Waals surface area (Å²) in [6.45, 7) is 3.05. The van der Waals surface area contributed by atoms with Crippen LogP contribution in [0.25, 0.3) is 0 Å². The van der Waals surface area contributed by atoms with Crippen LogP contribution in [0, 0.1) is 12.7 Å². The number of H-pyrrole nitrogens is 1. The van der Waals surface area contributed by atoms with Crippen molar-refractivity contribution in [3.63, 3.8) is 0 Å². The zero-order valence-electron chi connectivity index (χ0n) is 12.1. The van der Waals surface area contributed by atoms with Crippen molar-refractivity contribution in [2.24, 2.45) is 0 Å². The molecule has 1 aromatic heterocycles. The lowest BCUT2D eigenvalue weighted by Crippen LogP contribution is -2.26. The highest BCUT2D eigenvalue weighted by Crippen LogP contribution is 2.24. The zero-order chi connectivity index (χ0) is 15.7. The number of carbonyl (C=O) groups excluding carboxylic acids is 1. The highest BCUT2D eigenvalue weighted by atomic mass is 19.1. The maximum absolute atomic E-state index is 14.5. The molecule has 1 amide bonds. The molecule has 0 aliphatic carbocycles. The predicted molar refractivity (Wildman–Crippen MR) is 81.6 cm³/mol. The molecular formula is C16H16FN3O2. The lowest BCUT2D eigenvalue weighted by Gasteiger charge is -2.19. The number of benzene rings is 1. The van der Waals surface area contributed by atoms with Gasteiger partial charge < -0.3 is 15.6 Å². The van der Waals surface area contributed by atoms with Crippen molar-refractivity contribution in [2.45, 2.75) is 19.9 Å². The number of anilines is 1. The molecule has 0 saturated heterocycles. The molecule has 1 aliphatic heterocycles. The zero-order valence-corrected chi connectivity index (χ0v) is 12.1. The SMILES string of the molecule is Cc1cc(=O)c(C(=O)Nc2ccc3c(c2F)CCNC3)c[nH]1. The minimum atomic E-state index is -0.617. The molecule has 2 aromatic rings. The van der Waals surface area contributed by atoms with Crippen molar-refractivity contribution in [3.8, 4) is 0 Å². The number of nitrogens with one attached hydrogen (secondary N) is 3. The van der Waals surface area contributed by atoms with Crippen LogP contribution < -0.4 is 16.1 Å². The third kappa shape index (κ3) is 2.65. The summed E-state index contributed by atoms with van der Waals surface area (Å²) in [5.74, 6) is -1.04. The Hall–Kier alpha value is -2.47. The molecule has 22 heavy (non-hydrogen) atoms. The van der Waals surface area contributed by atoms with E-state index in [1.54, 1.807) is 13.0 Å². The Labute approximate surface area is 126 Å². The number of amides is 1. The van der Waals surface area contributed by atoms with E-state index in [-0.39, 0.29) is 11.3 Å². The summed E-state index contributed by atoms with van der Waals surface area (Å²) in [5.41, 5.74) is 1.85. The first-order valence-corrected chi connectivity index (χ1v) is 7.08. The van der Waals surface area contributed by atoms with Gasteiger partial charge in [0.05, 0.1) is 5.69 Å². The number of rotatable bonds is 2. The van der Waals surface area contributed by atoms with Gasteiger partial charge in [0.2, 0.25) is 0 Å². The summed E-state index contributed by atoms with van der Waals surface area (Å²) in [7, 11) is 0. The third-order valence-electron chi connectivity index (χ3n) is 3.76. The second kappa shape index (κ2) is 5.73. The third-order valence-corrected chi connectivity index (χ3v) is 3.76. The Morgan fingerprint density at radius 1 is 1.36 bits per heavy atom. The summed E-state index contributed by atoms with van der Waals surface area (Å²) < 4.78 is 14.5. The van der Waals surface area contributed by atoms with Crippen molar-refractivity contribution >= 4 is 11.6 Å². The van der Waals surface area contributed by atoms with E-state index in [4.69, 9.17) is 0 Å². The Bertz CT molecular complexity index is 798. The van der Waals surface area contributed by atoms with Crippen LogP contribution in [0.3, 0.4) is 0 Å². The van der Waals surface area contributed by atoms with Crippen molar-refractivity contribution in [2.75, 3.05) is 11.9 Å². The van der Waals surface area contributed by atoms with Crippen molar-refractivity contribution in [1.29, 1.82) is 0 Å². The van der Waals surface area contributed by atoms with E-state index >= 15 is 0 Å². The monoisotopic (exact) mass is 301 g/mol. The fourth-order valence-corrected chi connectivity index (χ4v) is 2.57. The minimum Gasteiger partial charge on any atom is -0.364 e. The molecule has 2 heterocycles. The predicted octanol–water partition coefficient (Wildman–Crippen LogP) is 1.72. The summed E-state index contributed by atoms with van der Waals surface area (Å²) in [6.07, 6.45) is 1.92. The van der Waals surface area contributed by atoms with Crippen LogP contribution in [0.1, 0.15) is 27.2 Å². The number of hydrogen-bond acceptors (Lipinski definition) is 3. The normalized spacial score (nSPS) is 13.5. The Balaban J connectivity index is 1.90. The van der Waals surface area contributed by atoms with Crippen molar-refractivity contribution < 1.29 is 9.18 Å². The van der Waals surface area contributed by atoms with Crippen LogP contribution in [0.4, 0.5) is 10.1 Å². The number of aryl methyl sites for hydroxylation is 1. The molecule has 0 fully saturated rings. The van der Waals surface area contributed by atoms with Gasteiger partial charge in [-0.1, -0.05) is 6.07 Å². The highest BCUT2D eigenvalue weighted by Gasteiger charge is 2.18. The lowest BCUT2D eigenvalue weighted by molar-refractivity contribution is 0.102. The van der Waals surface area contributed by atoms with Gasteiger partial charge in [0.15, 0.2) is 5.43 Å². The molecule has 0 saturated carbocycles. The second-order valence-corrected chi connectivity index (χ2v) is 5.34. The van der Waals surface area contributed by atoms with E-state index < -0.39 is 17.2 Å². The first-order valence-electron chi connectivity index (χ1n) is 7.08. The first-order chi connectivity index (χ1) is 10.6. The number of aromatic nitrogens is 1. The molecule has 3 rings (SSSR count). The van der Waals surface area contributed by atoms with Crippen LogP contribution in [-0.4, -0.2) is 17.4 Å². The fraction of sp³-hybridized carbons (Fsp3) is 0.250. The van der Waals surface area contributed by atoms with Crippen molar-refractivity contribution in [1.82, 2.24) is 10.3 Å². The number of halogens is 1. The molecule has 0 atom stereocenters. The second-order valence-electron chi connectivity index (χ2n) is 5.34. The van der Waals surface area contributed by atoms with Gasteiger partial charge in [-0.05, 0) is 37.1 Å². The average Bonchev–Trinajstić information content (AvgIpc) is 2.50. The van der Waals surface area contributed by atoms with Gasteiger partial charge in [-0.3, -0.25) is 9.59 Å². The van der Waals surface area contributed by atoms with Crippen LogP contribution in [0.5, 0.6) is 0 Å². The standard InChI is InChI=1S/C16H16FN3O2/c1-9-6-14(21)12(8-19-9)16(22)20-13-3-2-10-7-18-5-4-11(10)15(13)17/h2-3,6,8,18H,4-5,7H2,1H3,(H,19,21)(H,20,22). The summed E-state index contributed by atoms with van der Waals surface area (Å²) in [6, 6.07) is 4.66. The van der Waals surface area contributed by atoms with Gasteiger partial charge in [-0.15, -0.1) is 0 Å². The van der Waals surface area contributed by atoms with Crippen LogP contribution in [-0.2, 0) is 13.0 Å². The minimum absolute atomic E-state index is 0.0376. The van der Waals surface area contributed by atoms with Crippen LogP contribution >= 0.6 is 0 Å². The van der Waals surface area contributed by atoms with Crippen LogP contribution in [0.2, 0.25) is 0 Å². The molecule has 1 aliphatic rings. The molecule has 0 radical (unpaired) electrons. The molecule has 0 unspecified atom stereocenters. The number of hydrogen-bond donors (Lipinski definition) is 3. The maximum Gasteiger partial charge on any atom is 0.261 e. The van der Waals surface area contributed by atoms with E-state index in [9.17, 15) is 14.0 Å². The van der Waals surface area contributed by atoms with E-state index in [2.05, 4.69) is 15.6 Å². The Morgan fingerprint density at radius 3 is 2.95 bits per heavy atom. The summed E-state index contributed by atoms with van der Waals surface area (Å²) in [4.78, 5) is 26.8. The van der Waals surface area contributed by atoms with Gasteiger partial charge in [-0.25, -0.2) is 4.39 Å².